The van der Waals surface area contributed by atoms with Gasteiger partial charge in [-0.05, 0) is 42.0 Å². The van der Waals surface area contributed by atoms with Gasteiger partial charge in [0.1, 0.15) is 0 Å². The first-order valence-electron chi connectivity index (χ1n) is 8.08. The molecule has 0 saturated carbocycles. The van der Waals surface area contributed by atoms with Crippen molar-refractivity contribution < 1.29 is 22.8 Å². The minimum atomic E-state index is -4.44. The molecule has 8 heteroatoms. The van der Waals surface area contributed by atoms with Gasteiger partial charge >= 0.3 is 6.18 Å². The maximum absolute atomic E-state index is 12.7. The lowest BCUT2D eigenvalue weighted by molar-refractivity contribution is -0.137. The molecule has 0 aliphatic heterocycles. The first-order chi connectivity index (χ1) is 12.7. The SMILES string of the molecule is CC(C)C(=O)Nc1ccc(C(=O)N/N=C\c2cccc(C(F)(F)F)c2)cc1. The molecule has 2 N–H and O–H groups in total. The molecule has 2 amide bonds. The molecule has 27 heavy (non-hydrogen) atoms. The maximum Gasteiger partial charge on any atom is 0.416 e. The van der Waals surface area contributed by atoms with Crippen LogP contribution >= 0.6 is 0 Å². The molecule has 0 saturated heterocycles. The van der Waals surface area contributed by atoms with E-state index in [1.165, 1.54) is 24.3 Å². The Kier molecular flexibility index (Phi) is 6.33. The summed E-state index contributed by atoms with van der Waals surface area (Å²) in [6, 6.07) is 10.7. The molecule has 0 unspecified atom stereocenters. The summed E-state index contributed by atoms with van der Waals surface area (Å²) in [6.45, 7) is 3.53. The number of rotatable bonds is 5. The summed E-state index contributed by atoms with van der Waals surface area (Å²) in [5.74, 6) is -0.837. The van der Waals surface area contributed by atoms with Crippen LogP contribution in [-0.4, -0.2) is 18.0 Å². The third-order valence-corrected chi connectivity index (χ3v) is 3.53. The number of alkyl halides is 3. The van der Waals surface area contributed by atoms with E-state index < -0.39 is 17.6 Å². The highest BCUT2D eigenvalue weighted by Gasteiger charge is 2.30. The summed E-state index contributed by atoms with van der Waals surface area (Å²) in [4.78, 5) is 23.6. The van der Waals surface area contributed by atoms with E-state index in [1.807, 2.05) is 0 Å². The monoisotopic (exact) mass is 377 g/mol. The fourth-order valence-corrected chi connectivity index (χ4v) is 2.02. The summed E-state index contributed by atoms with van der Waals surface area (Å²) in [5, 5.41) is 6.37. The largest absolute Gasteiger partial charge is 0.416 e. The summed E-state index contributed by atoms with van der Waals surface area (Å²) >= 11 is 0. The van der Waals surface area contributed by atoms with E-state index in [4.69, 9.17) is 0 Å². The van der Waals surface area contributed by atoms with Crippen LogP contribution in [0, 0.1) is 5.92 Å². The third-order valence-electron chi connectivity index (χ3n) is 3.53. The minimum absolute atomic E-state index is 0.141. The topological polar surface area (TPSA) is 70.6 Å². The molecule has 0 aliphatic carbocycles. The molecule has 0 spiro atoms. The molecule has 2 rings (SSSR count). The molecule has 2 aromatic rings. The number of anilines is 1. The van der Waals surface area contributed by atoms with Gasteiger partial charge in [0.05, 0.1) is 11.8 Å². The van der Waals surface area contributed by atoms with Gasteiger partial charge in [-0.15, -0.1) is 0 Å². The van der Waals surface area contributed by atoms with Gasteiger partial charge in [0.25, 0.3) is 5.91 Å². The van der Waals surface area contributed by atoms with Gasteiger partial charge in [-0.25, -0.2) is 5.43 Å². The molecule has 5 nitrogen and oxygen atoms in total. The van der Waals surface area contributed by atoms with E-state index in [1.54, 1.807) is 26.0 Å². The van der Waals surface area contributed by atoms with Crippen molar-refractivity contribution in [3.8, 4) is 0 Å². The zero-order valence-electron chi connectivity index (χ0n) is 14.7. The molecular weight excluding hydrogens is 359 g/mol. The number of benzene rings is 2. The molecule has 0 atom stereocenters. The molecule has 0 radical (unpaired) electrons. The Bertz CT molecular complexity index is 844. The van der Waals surface area contributed by atoms with Crippen LogP contribution in [-0.2, 0) is 11.0 Å². The van der Waals surface area contributed by atoms with Gasteiger partial charge in [-0.1, -0.05) is 26.0 Å². The average molecular weight is 377 g/mol. The van der Waals surface area contributed by atoms with Crippen LogP contribution in [0.4, 0.5) is 18.9 Å². The van der Waals surface area contributed by atoms with Crippen LogP contribution in [0.15, 0.2) is 53.6 Å². The van der Waals surface area contributed by atoms with E-state index in [-0.39, 0.29) is 17.4 Å². The fourth-order valence-electron chi connectivity index (χ4n) is 2.02. The van der Waals surface area contributed by atoms with Crippen molar-refractivity contribution >= 4 is 23.7 Å². The molecule has 142 valence electrons. The number of nitrogens with zero attached hydrogens (tertiary/aromatic N) is 1. The normalized spacial score (nSPS) is 11.6. The van der Waals surface area contributed by atoms with Crippen LogP contribution < -0.4 is 10.7 Å². The van der Waals surface area contributed by atoms with Crippen molar-refractivity contribution in [1.29, 1.82) is 0 Å². The van der Waals surface area contributed by atoms with E-state index in [9.17, 15) is 22.8 Å². The summed E-state index contributed by atoms with van der Waals surface area (Å²) in [7, 11) is 0. The average Bonchev–Trinajstić information content (AvgIpc) is 2.61. The van der Waals surface area contributed by atoms with Crippen LogP contribution in [0.2, 0.25) is 0 Å². The zero-order chi connectivity index (χ0) is 20.0. The first kappa shape index (κ1) is 20.2. The standard InChI is InChI=1S/C19H18F3N3O2/c1-12(2)17(26)24-16-8-6-14(7-9-16)18(27)25-23-11-13-4-3-5-15(10-13)19(20,21)22/h3-12H,1-2H3,(H,24,26)(H,25,27)/b23-11-. The maximum atomic E-state index is 12.7. The highest BCUT2D eigenvalue weighted by molar-refractivity contribution is 5.96. The lowest BCUT2D eigenvalue weighted by Crippen LogP contribution is -2.19. The molecular formula is C19H18F3N3O2. The smallest absolute Gasteiger partial charge is 0.326 e. The minimum Gasteiger partial charge on any atom is -0.326 e. The second-order valence-electron chi connectivity index (χ2n) is 6.04. The van der Waals surface area contributed by atoms with Crippen LogP contribution in [0.3, 0.4) is 0 Å². The predicted octanol–water partition coefficient (Wildman–Crippen LogP) is 4.06. The Morgan fingerprint density at radius 1 is 1.07 bits per heavy atom. The van der Waals surface area contributed by atoms with Gasteiger partial charge in [0, 0.05) is 17.2 Å². The van der Waals surface area contributed by atoms with Crippen molar-refractivity contribution in [2.24, 2.45) is 11.0 Å². The van der Waals surface area contributed by atoms with Crippen LogP contribution in [0.5, 0.6) is 0 Å². The zero-order valence-corrected chi connectivity index (χ0v) is 14.7. The van der Waals surface area contributed by atoms with E-state index >= 15 is 0 Å². The number of carbonyl (C=O) groups excluding carboxylic acids is 2. The number of halogens is 3. The van der Waals surface area contributed by atoms with Crippen LogP contribution in [0.1, 0.15) is 35.3 Å². The number of carbonyl (C=O) groups is 2. The number of hydrazone groups is 1. The van der Waals surface area contributed by atoms with Crippen molar-refractivity contribution in [2.45, 2.75) is 20.0 Å². The van der Waals surface area contributed by atoms with Crippen molar-refractivity contribution in [2.75, 3.05) is 5.32 Å². The van der Waals surface area contributed by atoms with Gasteiger partial charge in [-0.3, -0.25) is 9.59 Å². The molecule has 0 fully saturated rings. The summed E-state index contributed by atoms with van der Waals surface area (Å²) in [5.41, 5.74) is 2.50. The molecule has 2 aromatic carbocycles. The Labute approximate surface area is 154 Å². The predicted molar refractivity (Wildman–Crippen MR) is 96.4 cm³/mol. The van der Waals surface area contributed by atoms with Crippen molar-refractivity contribution in [1.82, 2.24) is 5.43 Å². The van der Waals surface area contributed by atoms with Gasteiger partial charge in [0.2, 0.25) is 5.91 Å². The second kappa shape index (κ2) is 8.48. The Hall–Kier alpha value is -3.16. The van der Waals surface area contributed by atoms with Gasteiger partial charge < -0.3 is 5.32 Å². The van der Waals surface area contributed by atoms with Crippen molar-refractivity contribution in [3.05, 3.63) is 65.2 Å². The Morgan fingerprint density at radius 2 is 1.74 bits per heavy atom. The van der Waals surface area contributed by atoms with Gasteiger partial charge in [-0.2, -0.15) is 18.3 Å². The molecule has 0 aromatic heterocycles. The third kappa shape index (κ3) is 5.95. The Balaban J connectivity index is 1.97. The fraction of sp³-hybridized carbons (Fsp3) is 0.211. The molecule has 0 aliphatic rings. The number of hydrogen-bond donors (Lipinski definition) is 2. The number of hydrogen-bond acceptors (Lipinski definition) is 3. The quantitative estimate of drug-likeness (QED) is 0.609. The lowest BCUT2D eigenvalue weighted by atomic mass is 10.1. The highest BCUT2D eigenvalue weighted by Crippen LogP contribution is 2.29. The molecule has 0 heterocycles. The van der Waals surface area contributed by atoms with Crippen molar-refractivity contribution in [3.63, 3.8) is 0 Å². The van der Waals surface area contributed by atoms with Gasteiger partial charge in [0.15, 0.2) is 0 Å². The second-order valence-corrected chi connectivity index (χ2v) is 6.04. The van der Waals surface area contributed by atoms with E-state index in [2.05, 4.69) is 15.8 Å². The number of nitrogens with one attached hydrogen (secondary N) is 2. The summed E-state index contributed by atoms with van der Waals surface area (Å²) < 4.78 is 38.0. The molecule has 0 bridgehead atoms. The first-order valence-corrected chi connectivity index (χ1v) is 8.08. The Morgan fingerprint density at radius 3 is 2.33 bits per heavy atom. The van der Waals surface area contributed by atoms with E-state index in [0.717, 1.165) is 18.3 Å². The number of amides is 2. The highest BCUT2D eigenvalue weighted by atomic mass is 19.4. The lowest BCUT2D eigenvalue weighted by Gasteiger charge is -2.08. The van der Waals surface area contributed by atoms with Crippen LogP contribution in [0.25, 0.3) is 0 Å². The summed E-state index contributed by atoms with van der Waals surface area (Å²) in [6.07, 6.45) is -3.32. The van der Waals surface area contributed by atoms with E-state index in [0.29, 0.717) is 11.3 Å².